The summed E-state index contributed by atoms with van der Waals surface area (Å²) < 4.78 is 0. The SMILES string of the molecule is O=C(NC1CC1c1ccccc1)C(O)c1ccccc1. The number of nitrogens with one attached hydrogen (secondary N) is 1. The Morgan fingerprint density at radius 2 is 1.65 bits per heavy atom. The normalized spacial score (nSPS) is 22.1. The molecule has 0 heterocycles. The van der Waals surface area contributed by atoms with Gasteiger partial charge in [0.05, 0.1) is 0 Å². The summed E-state index contributed by atoms with van der Waals surface area (Å²) in [5.41, 5.74) is 1.87. The molecule has 0 spiro atoms. The van der Waals surface area contributed by atoms with Crippen LogP contribution in [0.3, 0.4) is 0 Å². The third-order valence-corrected chi connectivity index (χ3v) is 3.71. The Hall–Kier alpha value is -2.13. The molecular formula is C17H17NO2. The number of carbonyl (C=O) groups excluding carboxylic acids is 1. The molecule has 0 aliphatic heterocycles. The minimum atomic E-state index is -1.09. The van der Waals surface area contributed by atoms with E-state index in [2.05, 4.69) is 17.4 Å². The Kier molecular flexibility index (Phi) is 3.52. The first kappa shape index (κ1) is 12.9. The van der Waals surface area contributed by atoms with Crippen LogP contribution in [0.2, 0.25) is 0 Å². The van der Waals surface area contributed by atoms with Crippen molar-refractivity contribution in [1.29, 1.82) is 0 Å². The molecule has 0 saturated heterocycles. The lowest BCUT2D eigenvalue weighted by atomic mass is 10.1. The number of hydrogen-bond donors (Lipinski definition) is 2. The summed E-state index contributed by atoms with van der Waals surface area (Å²) in [6, 6.07) is 19.3. The Morgan fingerprint density at radius 1 is 1.05 bits per heavy atom. The van der Waals surface area contributed by atoms with Crippen LogP contribution in [0, 0.1) is 0 Å². The second-order valence-electron chi connectivity index (χ2n) is 5.18. The highest BCUT2D eigenvalue weighted by atomic mass is 16.3. The lowest BCUT2D eigenvalue weighted by Crippen LogP contribution is -2.31. The second-order valence-corrected chi connectivity index (χ2v) is 5.18. The molecule has 1 fully saturated rings. The van der Waals surface area contributed by atoms with Crippen LogP contribution in [-0.4, -0.2) is 17.1 Å². The molecule has 3 atom stereocenters. The minimum Gasteiger partial charge on any atom is -0.378 e. The predicted octanol–water partition coefficient (Wildman–Crippen LogP) is 2.39. The van der Waals surface area contributed by atoms with Crippen LogP contribution in [0.25, 0.3) is 0 Å². The Balaban J connectivity index is 1.59. The van der Waals surface area contributed by atoms with Gasteiger partial charge in [0, 0.05) is 12.0 Å². The van der Waals surface area contributed by atoms with Gasteiger partial charge in [0.15, 0.2) is 6.10 Å². The van der Waals surface area contributed by atoms with Crippen molar-refractivity contribution in [2.24, 2.45) is 0 Å². The van der Waals surface area contributed by atoms with Crippen LogP contribution in [-0.2, 0) is 4.79 Å². The van der Waals surface area contributed by atoms with Crippen molar-refractivity contribution in [3.8, 4) is 0 Å². The molecule has 3 heteroatoms. The third kappa shape index (κ3) is 2.73. The van der Waals surface area contributed by atoms with E-state index in [-0.39, 0.29) is 11.9 Å². The molecule has 102 valence electrons. The van der Waals surface area contributed by atoms with Crippen LogP contribution in [0.1, 0.15) is 29.6 Å². The maximum Gasteiger partial charge on any atom is 0.253 e. The fourth-order valence-electron chi connectivity index (χ4n) is 2.47. The average Bonchev–Trinajstić information content (AvgIpc) is 3.27. The molecule has 0 radical (unpaired) electrons. The van der Waals surface area contributed by atoms with Crippen LogP contribution in [0.15, 0.2) is 60.7 Å². The van der Waals surface area contributed by atoms with Gasteiger partial charge in [0.25, 0.3) is 5.91 Å². The summed E-state index contributed by atoms with van der Waals surface area (Å²) in [6.45, 7) is 0. The standard InChI is InChI=1S/C17H17NO2/c19-16(13-9-5-2-6-10-13)17(20)18-15-11-14(15)12-7-3-1-4-8-12/h1-10,14-16,19H,11H2,(H,18,20). The van der Waals surface area contributed by atoms with E-state index < -0.39 is 6.10 Å². The summed E-state index contributed by atoms with van der Waals surface area (Å²) in [6.07, 6.45) is -0.148. The fourth-order valence-corrected chi connectivity index (χ4v) is 2.47. The largest absolute Gasteiger partial charge is 0.378 e. The van der Waals surface area contributed by atoms with Gasteiger partial charge >= 0.3 is 0 Å². The van der Waals surface area contributed by atoms with Gasteiger partial charge in [0.2, 0.25) is 0 Å². The van der Waals surface area contributed by atoms with Crippen molar-refractivity contribution >= 4 is 5.91 Å². The van der Waals surface area contributed by atoms with E-state index in [0.29, 0.717) is 11.5 Å². The zero-order valence-electron chi connectivity index (χ0n) is 11.1. The van der Waals surface area contributed by atoms with Crippen LogP contribution >= 0.6 is 0 Å². The topological polar surface area (TPSA) is 49.3 Å². The zero-order valence-corrected chi connectivity index (χ0v) is 11.1. The van der Waals surface area contributed by atoms with E-state index in [1.54, 1.807) is 12.1 Å². The molecule has 0 bridgehead atoms. The third-order valence-electron chi connectivity index (χ3n) is 3.71. The van der Waals surface area contributed by atoms with Gasteiger partial charge in [-0.2, -0.15) is 0 Å². The van der Waals surface area contributed by atoms with E-state index in [0.717, 1.165) is 6.42 Å². The molecule has 1 aliphatic carbocycles. The number of amides is 1. The Labute approximate surface area is 118 Å². The van der Waals surface area contributed by atoms with E-state index >= 15 is 0 Å². The molecule has 1 saturated carbocycles. The maximum atomic E-state index is 12.0. The van der Waals surface area contributed by atoms with Gasteiger partial charge in [-0.3, -0.25) is 4.79 Å². The smallest absolute Gasteiger partial charge is 0.253 e. The van der Waals surface area contributed by atoms with Crippen molar-refractivity contribution in [3.05, 3.63) is 71.8 Å². The summed E-state index contributed by atoms with van der Waals surface area (Å²) in [4.78, 5) is 12.0. The molecule has 3 nitrogen and oxygen atoms in total. The van der Waals surface area contributed by atoms with E-state index in [4.69, 9.17) is 0 Å². The van der Waals surface area contributed by atoms with Gasteiger partial charge in [-0.1, -0.05) is 60.7 Å². The predicted molar refractivity (Wildman–Crippen MR) is 77.1 cm³/mol. The van der Waals surface area contributed by atoms with E-state index in [1.165, 1.54) is 5.56 Å². The first-order chi connectivity index (χ1) is 9.75. The molecule has 20 heavy (non-hydrogen) atoms. The molecule has 2 aromatic carbocycles. The van der Waals surface area contributed by atoms with Crippen LogP contribution < -0.4 is 5.32 Å². The number of aliphatic hydroxyl groups is 1. The monoisotopic (exact) mass is 267 g/mol. The van der Waals surface area contributed by atoms with E-state index in [9.17, 15) is 9.90 Å². The second kappa shape index (κ2) is 5.47. The lowest BCUT2D eigenvalue weighted by molar-refractivity contribution is -0.129. The van der Waals surface area contributed by atoms with Gasteiger partial charge < -0.3 is 10.4 Å². The van der Waals surface area contributed by atoms with Crippen molar-refractivity contribution in [2.45, 2.75) is 24.5 Å². The maximum absolute atomic E-state index is 12.0. The molecule has 0 aromatic heterocycles. The number of carbonyl (C=O) groups is 1. The lowest BCUT2D eigenvalue weighted by Gasteiger charge is -2.11. The zero-order chi connectivity index (χ0) is 13.9. The number of rotatable bonds is 4. The van der Waals surface area contributed by atoms with Gasteiger partial charge in [0.1, 0.15) is 0 Å². The van der Waals surface area contributed by atoms with E-state index in [1.807, 2.05) is 36.4 Å². The van der Waals surface area contributed by atoms with Crippen molar-refractivity contribution in [2.75, 3.05) is 0 Å². The Bertz CT molecular complexity index is 582. The molecule has 3 unspecified atom stereocenters. The molecule has 1 aliphatic rings. The number of benzene rings is 2. The van der Waals surface area contributed by atoms with Gasteiger partial charge in [-0.05, 0) is 17.5 Å². The molecular weight excluding hydrogens is 250 g/mol. The quantitative estimate of drug-likeness (QED) is 0.893. The molecule has 2 N–H and O–H groups in total. The first-order valence-corrected chi connectivity index (χ1v) is 6.84. The average molecular weight is 267 g/mol. The molecule has 3 rings (SSSR count). The Morgan fingerprint density at radius 3 is 2.30 bits per heavy atom. The highest BCUT2D eigenvalue weighted by Gasteiger charge is 2.40. The summed E-state index contributed by atoms with van der Waals surface area (Å²) in [5, 5.41) is 12.9. The van der Waals surface area contributed by atoms with Gasteiger partial charge in [-0.15, -0.1) is 0 Å². The van der Waals surface area contributed by atoms with Crippen LogP contribution in [0.5, 0.6) is 0 Å². The highest BCUT2D eigenvalue weighted by molar-refractivity contribution is 5.82. The molecule has 1 amide bonds. The summed E-state index contributed by atoms with van der Waals surface area (Å²) in [7, 11) is 0. The fraction of sp³-hybridized carbons (Fsp3) is 0.235. The summed E-state index contributed by atoms with van der Waals surface area (Å²) in [5.74, 6) is 0.0581. The highest BCUT2D eigenvalue weighted by Crippen LogP contribution is 2.40. The molecule has 2 aromatic rings. The minimum absolute atomic E-state index is 0.142. The van der Waals surface area contributed by atoms with Crippen LogP contribution in [0.4, 0.5) is 0 Å². The first-order valence-electron chi connectivity index (χ1n) is 6.84. The summed E-state index contributed by atoms with van der Waals surface area (Å²) >= 11 is 0. The number of hydrogen-bond acceptors (Lipinski definition) is 2. The van der Waals surface area contributed by atoms with Gasteiger partial charge in [-0.25, -0.2) is 0 Å². The van der Waals surface area contributed by atoms with Crippen molar-refractivity contribution < 1.29 is 9.90 Å². The number of aliphatic hydroxyl groups excluding tert-OH is 1. The van der Waals surface area contributed by atoms with Crippen molar-refractivity contribution in [3.63, 3.8) is 0 Å². The van der Waals surface area contributed by atoms with Crippen molar-refractivity contribution in [1.82, 2.24) is 5.32 Å².